The van der Waals surface area contributed by atoms with Gasteiger partial charge in [0.15, 0.2) is 0 Å². The van der Waals surface area contributed by atoms with Crippen molar-refractivity contribution in [3.05, 3.63) is 48.3 Å². The molecule has 23 heavy (non-hydrogen) atoms. The van der Waals surface area contributed by atoms with E-state index in [2.05, 4.69) is 29.1 Å². The number of nitrogens with zero attached hydrogens (tertiary/aromatic N) is 3. The number of anilines is 2. The highest BCUT2D eigenvalue weighted by Gasteiger charge is 2.26. The Labute approximate surface area is 136 Å². The molecule has 2 atom stereocenters. The highest BCUT2D eigenvalue weighted by molar-refractivity contribution is 5.95. The summed E-state index contributed by atoms with van der Waals surface area (Å²) in [6.07, 6.45) is 4.55. The molecule has 0 radical (unpaired) electrons. The third-order valence-corrected chi connectivity index (χ3v) is 4.09. The van der Waals surface area contributed by atoms with Crippen LogP contribution in [0.4, 0.5) is 11.6 Å². The maximum atomic E-state index is 12.8. The van der Waals surface area contributed by atoms with Crippen molar-refractivity contribution in [2.24, 2.45) is 11.8 Å². The Balaban J connectivity index is 1.75. The molecule has 1 aromatic carbocycles. The van der Waals surface area contributed by atoms with Gasteiger partial charge in [-0.15, -0.1) is 0 Å². The Kier molecular flexibility index (Phi) is 4.55. The quantitative estimate of drug-likeness (QED) is 0.944. The van der Waals surface area contributed by atoms with E-state index in [4.69, 9.17) is 0 Å². The standard InChI is InChI=1S/C18H22N4O/c1-13-9-14(2)12-22(11-13)17(23)15-5-3-6-16(10-15)21-18-19-7-4-8-20-18/h3-8,10,13-14H,9,11-12H2,1-2H3,(H,19,20,21). The van der Waals surface area contributed by atoms with Crippen LogP contribution in [0.5, 0.6) is 0 Å². The lowest BCUT2D eigenvalue weighted by Gasteiger charge is -2.35. The van der Waals surface area contributed by atoms with Gasteiger partial charge in [0.25, 0.3) is 5.91 Å². The molecule has 0 spiro atoms. The molecule has 0 bridgehead atoms. The van der Waals surface area contributed by atoms with Crippen LogP contribution in [0, 0.1) is 11.8 Å². The van der Waals surface area contributed by atoms with Gasteiger partial charge in [0, 0.05) is 36.7 Å². The van der Waals surface area contributed by atoms with E-state index in [0.717, 1.165) is 18.8 Å². The molecule has 2 aromatic rings. The molecule has 3 rings (SSSR count). The van der Waals surface area contributed by atoms with Gasteiger partial charge in [-0.1, -0.05) is 19.9 Å². The first-order valence-electron chi connectivity index (χ1n) is 8.05. The molecule has 1 aliphatic heterocycles. The monoisotopic (exact) mass is 310 g/mol. The third kappa shape index (κ3) is 3.86. The van der Waals surface area contributed by atoms with Crippen LogP contribution in [-0.2, 0) is 0 Å². The minimum Gasteiger partial charge on any atom is -0.338 e. The summed E-state index contributed by atoms with van der Waals surface area (Å²) < 4.78 is 0. The first-order valence-corrected chi connectivity index (χ1v) is 8.05. The molecular weight excluding hydrogens is 288 g/mol. The molecule has 5 nitrogen and oxygen atoms in total. The molecule has 0 aliphatic carbocycles. The molecule has 5 heteroatoms. The fraction of sp³-hybridized carbons (Fsp3) is 0.389. The summed E-state index contributed by atoms with van der Waals surface area (Å²) in [5.74, 6) is 1.74. The number of benzene rings is 1. The molecule has 120 valence electrons. The number of nitrogens with one attached hydrogen (secondary N) is 1. The number of rotatable bonds is 3. The SMILES string of the molecule is CC1CC(C)CN(C(=O)c2cccc(Nc3ncccn3)c2)C1. The zero-order chi connectivity index (χ0) is 16.2. The van der Waals surface area contributed by atoms with Gasteiger partial charge in [0.2, 0.25) is 5.95 Å². The van der Waals surface area contributed by atoms with Gasteiger partial charge in [-0.3, -0.25) is 4.79 Å². The van der Waals surface area contributed by atoms with E-state index in [0.29, 0.717) is 23.3 Å². The van der Waals surface area contributed by atoms with Gasteiger partial charge >= 0.3 is 0 Å². The highest BCUT2D eigenvalue weighted by atomic mass is 16.2. The second-order valence-electron chi connectivity index (χ2n) is 6.43. The van der Waals surface area contributed by atoms with Crippen molar-refractivity contribution in [1.29, 1.82) is 0 Å². The van der Waals surface area contributed by atoms with Crippen molar-refractivity contribution < 1.29 is 4.79 Å². The van der Waals surface area contributed by atoms with Crippen LogP contribution in [0.15, 0.2) is 42.7 Å². The summed E-state index contributed by atoms with van der Waals surface area (Å²) in [5, 5.41) is 3.13. The maximum Gasteiger partial charge on any atom is 0.253 e. The summed E-state index contributed by atoms with van der Waals surface area (Å²) in [7, 11) is 0. The average Bonchev–Trinajstić information content (AvgIpc) is 2.54. The molecule has 1 N–H and O–H groups in total. The summed E-state index contributed by atoms with van der Waals surface area (Å²) in [4.78, 5) is 23.0. The predicted molar refractivity (Wildman–Crippen MR) is 90.6 cm³/mol. The zero-order valence-corrected chi connectivity index (χ0v) is 13.6. The van der Waals surface area contributed by atoms with Crippen molar-refractivity contribution in [1.82, 2.24) is 14.9 Å². The lowest BCUT2D eigenvalue weighted by Crippen LogP contribution is -2.42. The molecule has 1 fully saturated rings. The van der Waals surface area contributed by atoms with Crippen molar-refractivity contribution >= 4 is 17.5 Å². The largest absolute Gasteiger partial charge is 0.338 e. The van der Waals surface area contributed by atoms with Crippen molar-refractivity contribution in [3.63, 3.8) is 0 Å². The number of hydrogen-bond acceptors (Lipinski definition) is 4. The molecule has 2 unspecified atom stereocenters. The van der Waals surface area contributed by atoms with Crippen LogP contribution < -0.4 is 5.32 Å². The summed E-state index contributed by atoms with van der Waals surface area (Å²) >= 11 is 0. The normalized spacial score (nSPS) is 21.0. The van der Waals surface area contributed by atoms with Gasteiger partial charge in [-0.25, -0.2) is 9.97 Å². The summed E-state index contributed by atoms with van der Waals surface area (Å²) in [6.45, 7) is 6.09. The minimum absolute atomic E-state index is 0.0982. The van der Waals surface area contributed by atoms with E-state index in [1.807, 2.05) is 29.2 Å². The minimum atomic E-state index is 0.0982. The number of aromatic nitrogens is 2. The second-order valence-corrected chi connectivity index (χ2v) is 6.43. The molecular formula is C18H22N4O. The molecule has 0 saturated carbocycles. The van der Waals surface area contributed by atoms with E-state index < -0.39 is 0 Å². The topological polar surface area (TPSA) is 58.1 Å². The van der Waals surface area contributed by atoms with Crippen LogP contribution in [0.3, 0.4) is 0 Å². The van der Waals surface area contributed by atoms with Gasteiger partial charge in [0.1, 0.15) is 0 Å². The number of piperidine rings is 1. The third-order valence-electron chi connectivity index (χ3n) is 4.09. The van der Waals surface area contributed by atoms with Gasteiger partial charge < -0.3 is 10.2 Å². The van der Waals surface area contributed by atoms with E-state index in [1.54, 1.807) is 18.5 Å². The zero-order valence-electron chi connectivity index (χ0n) is 13.6. The predicted octanol–water partition coefficient (Wildman–Crippen LogP) is 3.34. The van der Waals surface area contributed by atoms with Crippen LogP contribution in [0.1, 0.15) is 30.6 Å². The van der Waals surface area contributed by atoms with Gasteiger partial charge in [0.05, 0.1) is 0 Å². The molecule has 2 heterocycles. The van der Waals surface area contributed by atoms with Crippen LogP contribution in [0.2, 0.25) is 0 Å². The first-order chi connectivity index (χ1) is 11.1. The lowest BCUT2D eigenvalue weighted by atomic mass is 9.91. The van der Waals surface area contributed by atoms with E-state index in [-0.39, 0.29) is 5.91 Å². The first kappa shape index (κ1) is 15.5. The number of amides is 1. The Morgan fingerprint density at radius 1 is 1.13 bits per heavy atom. The summed E-state index contributed by atoms with van der Waals surface area (Å²) in [5.41, 5.74) is 1.52. The Bertz CT molecular complexity index is 664. The highest BCUT2D eigenvalue weighted by Crippen LogP contribution is 2.23. The molecule has 1 amide bonds. The average molecular weight is 310 g/mol. The van der Waals surface area contributed by atoms with Crippen molar-refractivity contribution in [3.8, 4) is 0 Å². The Hall–Kier alpha value is -2.43. The fourth-order valence-electron chi connectivity index (χ4n) is 3.23. The van der Waals surface area contributed by atoms with Crippen molar-refractivity contribution in [2.45, 2.75) is 20.3 Å². The fourth-order valence-corrected chi connectivity index (χ4v) is 3.23. The van der Waals surface area contributed by atoms with E-state index in [9.17, 15) is 4.79 Å². The number of likely N-dealkylation sites (tertiary alicyclic amines) is 1. The summed E-state index contributed by atoms with van der Waals surface area (Å²) in [6, 6.07) is 9.29. The number of hydrogen-bond donors (Lipinski definition) is 1. The molecule has 1 aliphatic rings. The van der Waals surface area contributed by atoms with Crippen LogP contribution >= 0.6 is 0 Å². The maximum absolute atomic E-state index is 12.8. The van der Waals surface area contributed by atoms with Crippen LogP contribution in [-0.4, -0.2) is 33.9 Å². The van der Waals surface area contributed by atoms with Crippen LogP contribution in [0.25, 0.3) is 0 Å². The molecule has 1 saturated heterocycles. The van der Waals surface area contributed by atoms with E-state index in [1.165, 1.54) is 6.42 Å². The second kappa shape index (κ2) is 6.77. The Morgan fingerprint density at radius 3 is 2.52 bits per heavy atom. The number of carbonyl (C=O) groups excluding carboxylic acids is 1. The smallest absolute Gasteiger partial charge is 0.253 e. The lowest BCUT2D eigenvalue weighted by molar-refractivity contribution is 0.0623. The van der Waals surface area contributed by atoms with Crippen molar-refractivity contribution in [2.75, 3.05) is 18.4 Å². The molecule has 1 aromatic heterocycles. The number of carbonyl (C=O) groups is 1. The Morgan fingerprint density at radius 2 is 1.83 bits per heavy atom. The van der Waals surface area contributed by atoms with Gasteiger partial charge in [-0.2, -0.15) is 0 Å². The van der Waals surface area contributed by atoms with E-state index >= 15 is 0 Å². The van der Waals surface area contributed by atoms with Gasteiger partial charge in [-0.05, 0) is 42.5 Å².